The van der Waals surface area contributed by atoms with Crippen LogP contribution in [0.1, 0.15) is 16.7 Å². The lowest BCUT2D eigenvalue weighted by Gasteiger charge is -2.11. The molecule has 1 aromatic rings. The summed E-state index contributed by atoms with van der Waals surface area (Å²) in [6, 6.07) is 3.94. The van der Waals surface area contributed by atoms with E-state index in [0.29, 0.717) is 0 Å². The van der Waals surface area contributed by atoms with Crippen LogP contribution in [0.15, 0.2) is 12.1 Å². The fraction of sp³-hybridized carbons (Fsp3) is 0.364. The van der Waals surface area contributed by atoms with Gasteiger partial charge >= 0.3 is 0 Å². The maximum absolute atomic E-state index is 11.1. The van der Waals surface area contributed by atoms with Gasteiger partial charge in [-0.25, -0.2) is 0 Å². The number of anilines is 1. The molecule has 76 valence electrons. The molecule has 0 aliphatic rings. The number of aryl methyl sites for hydroxylation is 1. The Morgan fingerprint density at radius 3 is 2.50 bits per heavy atom. The molecule has 0 aliphatic carbocycles. The van der Waals surface area contributed by atoms with Crippen molar-refractivity contribution >= 4 is 24.2 Å². The Labute approximate surface area is 90.1 Å². The molecule has 0 spiro atoms. The van der Waals surface area contributed by atoms with Crippen LogP contribution in [0.5, 0.6) is 0 Å². The van der Waals surface area contributed by atoms with Crippen LogP contribution in [-0.4, -0.2) is 11.7 Å². The van der Waals surface area contributed by atoms with Crippen LogP contribution in [0.2, 0.25) is 0 Å². The van der Waals surface area contributed by atoms with Crippen LogP contribution in [0.25, 0.3) is 0 Å². The number of carbonyl (C=O) groups excluding carboxylic acids is 1. The summed E-state index contributed by atoms with van der Waals surface area (Å²) in [6.45, 7) is 6.13. The first-order valence-electron chi connectivity index (χ1n) is 4.53. The molecule has 0 aliphatic heterocycles. The third-order valence-electron chi connectivity index (χ3n) is 2.48. The maximum Gasteiger partial charge on any atom is 0.234 e. The Balaban J connectivity index is 3.00. The lowest BCUT2D eigenvalue weighted by Crippen LogP contribution is -2.13. The second kappa shape index (κ2) is 4.51. The van der Waals surface area contributed by atoms with E-state index in [1.54, 1.807) is 0 Å². The topological polar surface area (TPSA) is 29.1 Å². The summed E-state index contributed by atoms with van der Waals surface area (Å²) in [5, 5.41) is 2.81. The van der Waals surface area contributed by atoms with Gasteiger partial charge in [-0.05, 0) is 43.5 Å². The summed E-state index contributed by atoms with van der Waals surface area (Å²) in [4.78, 5) is 11.1. The van der Waals surface area contributed by atoms with Gasteiger partial charge in [0.1, 0.15) is 0 Å². The molecule has 1 amide bonds. The fourth-order valence-electron chi connectivity index (χ4n) is 1.28. The van der Waals surface area contributed by atoms with Crippen LogP contribution in [0.4, 0.5) is 5.69 Å². The summed E-state index contributed by atoms with van der Waals surface area (Å²) in [6.07, 6.45) is 0. The Hall–Kier alpha value is -0.960. The zero-order chi connectivity index (χ0) is 10.7. The molecule has 0 unspecified atom stereocenters. The molecule has 1 rings (SSSR count). The van der Waals surface area contributed by atoms with E-state index < -0.39 is 0 Å². The number of hydrogen-bond donors (Lipinski definition) is 2. The van der Waals surface area contributed by atoms with Crippen LogP contribution < -0.4 is 5.32 Å². The minimum Gasteiger partial charge on any atom is -0.325 e. The van der Waals surface area contributed by atoms with Gasteiger partial charge in [0.25, 0.3) is 0 Å². The van der Waals surface area contributed by atoms with E-state index in [2.05, 4.69) is 31.8 Å². The predicted octanol–water partition coefficient (Wildman–Crippen LogP) is 2.48. The molecule has 3 heteroatoms. The van der Waals surface area contributed by atoms with E-state index in [4.69, 9.17) is 0 Å². The molecule has 1 N–H and O–H groups in total. The highest BCUT2D eigenvalue weighted by molar-refractivity contribution is 7.81. The molecule has 0 atom stereocenters. The lowest BCUT2D eigenvalue weighted by molar-refractivity contribution is -0.113. The van der Waals surface area contributed by atoms with Gasteiger partial charge in [0.15, 0.2) is 0 Å². The van der Waals surface area contributed by atoms with E-state index in [-0.39, 0.29) is 11.7 Å². The van der Waals surface area contributed by atoms with Gasteiger partial charge in [0.2, 0.25) is 5.91 Å². The summed E-state index contributed by atoms with van der Waals surface area (Å²) < 4.78 is 0. The normalized spacial score (nSPS) is 10.0. The van der Waals surface area contributed by atoms with Crippen molar-refractivity contribution < 1.29 is 4.79 Å². The predicted molar refractivity (Wildman–Crippen MR) is 63.1 cm³/mol. The number of amides is 1. The van der Waals surface area contributed by atoms with Gasteiger partial charge in [-0.3, -0.25) is 4.79 Å². The van der Waals surface area contributed by atoms with Crippen molar-refractivity contribution in [2.24, 2.45) is 0 Å². The second-order valence-corrected chi connectivity index (χ2v) is 3.70. The SMILES string of the molecule is Cc1ccc(NC(=O)CS)c(C)c1C. The average molecular weight is 209 g/mol. The Kier molecular flexibility index (Phi) is 3.58. The molecule has 0 saturated carbocycles. The summed E-state index contributed by atoms with van der Waals surface area (Å²) in [5.74, 6) is 0.145. The molecule has 2 nitrogen and oxygen atoms in total. The number of thiol groups is 1. The maximum atomic E-state index is 11.1. The van der Waals surface area contributed by atoms with Gasteiger partial charge in [-0.15, -0.1) is 0 Å². The molecule has 0 fully saturated rings. The Bertz CT molecular complexity index is 361. The second-order valence-electron chi connectivity index (χ2n) is 3.39. The van der Waals surface area contributed by atoms with Gasteiger partial charge in [-0.2, -0.15) is 12.6 Å². The first-order chi connectivity index (χ1) is 6.56. The monoisotopic (exact) mass is 209 g/mol. The lowest BCUT2D eigenvalue weighted by atomic mass is 10.0. The average Bonchev–Trinajstić information content (AvgIpc) is 2.19. The third-order valence-corrected chi connectivity index (χ3v) is 2.76. The summed E-state index contributed by atoms with van der Waals surface area (Å²) in [7, 11) is 0. The highest BCUT2D eigenvalue weighted by Gasteiger charge is 2.05. The van der Waals surface area contributed by atoms with Gasteiger partial charge < -0.3 is 5.32 Å². The molecule has 0 saturated heterocycles. The van der Waals surface area contributed by atoms with Crippen molar-refractivity contribution in [3.05, 3.63) is 28.8 Å². The van der Waals surface area contributed by atoms with Crippen LogP contribution >= 0.6 is 12.6 Å². The van der Waals surface area contributed by atoms with Gasteiger partial charge in [0, 0.05) is 5.69 Å². The molecule has 1 aromatic carbocycles. The van der Waals surface area contributed by atoms with Crippen LogP contribution in [-0.2, 0) is 4.79 Å². The quantitative estimate of drug-likeness (QED) is 0.720. The number of rotatable bonds is 2. The number of benzene rings is 1. The standard InChI is InChI=1S/C11H15NOS/c1-7-4-5-10(9(3)8(7)2)12-11(13)6-14/h4-5,14H,6H2,1-3H3,(H,12,13). The molecule has 0 radical (unpaired) electrons. The van der Waals surface area contributed by atoms with Gasteiger partial charge in [0.05, 0.1) is 5.75 Å². The highest BCUT2D eigenvalue weighted by atomic mass is 32.1. The number of hydrogen-bond acceptors (Lipinski definition) is 2. The molecule has 14 heavy (non-hydrogen) atoms. The van der Waals surface area contributed by atoms with Crippen LogP contribution in [0, 0.1) is 20.8 Å². The van der Waals surface area contributed by atoms with Crippen molar-refractivity contribution in [3.63, 3.8) is 0 Å². The van der Waals surface area contributed by atoms with E-state index in [1.165, 1.54) is 11.1 Å². The number of nitrogens with one attached hydrogen (secondary N) is 1. The Morgan fingerprint density at radius 1 is 1.29 bits per heavy atom. The van der Waals surface area contributed by atoms with Crippen molar-refractivity contribution in [2.75, 3.05) is 11.1 Å². The Morgan fingerprint density at radius 2 is 1.93 bits per heavy atom. The zero-order valence-electron chi connectivity index (χ0n) is 8.72. The van der Waals surface area contributed by atoms with Crippen LogP contribution in [0.3, 0.4) is 0 Å². The van der Waals surface area contributed by atoms with E-state index >= 15 is 0 Å². The molecule has 0 heterocycles. The smallest absolute Gasteiger partial charge is 0.234 e. The molecular weight excluding hydrogens is 194 g/mol. The third kappa shape index (κ3) is 2.29. The summed E-state index contributed by atoms with van der Waals surface area (Å²) >= 11 is 3.91. The van der Waals surface area contributed by atoms with Gasteiger partial charge in [-0.1, -0.05) is 6.07 Å². The largest absolute Gasteiger partial charge is 0.325 e. The minimum absolute atomic E-state index is 0.0697. The van der Waals surface area contributed by atoms with E-state index in [0.717, 1.165) is 11.3 Å². The summed E-state index contributed by atoms with van der Waals surface area (Å²) in [5.41, 5.74) is 4.47. The van der Waals surface area contributed by atoms with E-state index in [1.807, 2.05) is 19.1 Å². The molecular formula is C11H15NOS. The number of carbonyl (C=O) groups is 1. The fourth-order valence-corrected chi connectivity index (χ4v) is 1.36. The van der Waals surface area contributed by atoms with Crippen molar-refractivity contribution in [1.29, 1.82) is 0 Å². The first kappa shape index (κ1) is 11.1. The van der Waals surface area contributed by atoms with E-state index in [9.17, 15) is 4.79 Å². The highest BCUT2D eigenvalue weighted by Crippen LogP contribution is 2.21. The molecule has 0 aromatic heterocycles. The first-order valence-corrected chi connectivity index (χ1v) is 5.17. The minimum atomic E-state index is -0.0697. The van der Waals surface area contributed by atoms with Crippen molar-refractivity contribution in [1.82, 2.24) is 0 Å². The zero-order valence-corrected chi connectivity index (χ0v) is 9.61. The molecule has 0 bridgehead atoms. The van der Waals surface area contributed by atoms with Crippen molar-refractivity contribution in [3.8, 4) is 0 Å². The van der Waals surface area contributed by atoms with Crippen molar-refractivity contribution in [2.45, 2.75) is 20.8 Å².